The van der Waals surface area contributed by atoms with E-state index in [1.807, 2.05) is 4.90 Å². The number of hydrogen-bond donors (Lipinski definition) is 2. The van der Waals surface area contributed by atoms with Crippen molar-refractivity contribution in [2.45, 2.75) is 25.3 Å². The highest BCUT2D eigenvalue weighted by Gasteiger charge is 2.26. The zero-order chi connectivity index (χ0) is 15.5. The van der Waals surface area contributed by atoms with Crippen molar-refractivity contribution in [2.75, 3.05) is 31.6 Å². The largest absolute Gasteiger partial charge is 0.367 e. The van der Waals surface area contributed by atoms with Gasteiger partial charge >= 0.3 is 0 Å². The number of nitrogens with zero attached hydrogens (tertiary/aromatic N) is 2. The molecule has 3 rings (SSSR count). The number of guanidine groups is 1. The average Bonchev–Trinajstić information content (AvgIpc) is 3.22. The minimum Gasteiger partial charge on any atom is -0.367 e. The first kappa shape index (κ1) is 18.2. The lowest BCUT2D eigenvalue weighted by Gasteiger charge is -2.21. The molecule has 0 spiro atoms. The van der Waals surface area contributed by atoms with Gasteiger partial charge in [0.2, 0.25) is 0 Å². The molecule has 2 aliphatic rings. The number of halogens is 3. The van der Waals surface area contributed by atoms with Crippen LogP contribution < -0.4 is 15.5 Å². The number of hydrogen-bond acceptors (Lipinski definition) is 2. The van der Waals surface area contributed by atoms with Gasteiger partial charge in [-0.3, -0.25) is 4.99 Å². The van der Waals surface area contributed by atoms with Crippen LogP contribution in [0, 0.1) is 17.6 Å². The second kappa shape index (κ2) is 8.12. The molecule has 1 saturated heterocycles. The third-order valence-corrected chi connectivity index (χ3v) is 4.26. The minimum absolute atomic E-state index is 0. The number of rotatable bonds is 4. The molecule has 4 nitrogen and oxygen atoms in total. The van der Waals surface area contributed by atoms with Crippen LogP contribution in [0.1, 0.15) is 19.3 Å². The fraction of sp³-hybridized carbons (Fsp3) is 0.562. The minimum atomic E-state index is -0.542. The molecular formula is C16H23F2IN4. The summed E-state index contributed by atoms with van der Waals surface area (Å²) >= 11 is 0. The summed E-state index contributed by atoms with van der Waals surface area (Å²) in [5.41, 5.74) is 0.464. The summed E-state index contributed by atoms with van der Waals surface area (Å²) in [6.45, 7) is 2.40. The smallest absolute Gasteiger partial charge is 0.191 e. The molecule has 2 fully saturated rings. The quantitative estimate of drug-likeness (QED) is 0.433. The van der Waals surface area contributed by atoms with E-state index >= 15 is 0 Å². The average molecular weight is 436 g/mol. The standard InChI is InChI=1S/C16H22F2N4.HI/c1-19-16(20-9-11-2-3-11)21-13-6-7-22(10-13)15-5-4-12(17)8-14(15)18;/h4-5,8,11,13H,2-3,6-7,9-10H2,1H3,(H2,19,20,21);1H. The highest BCUT2D eigenvalue weighted by molar-refractivity contribution is 14.0. The maximum Gasteiger partial charge on any atom is 0.191 e. The molecule has 1 aromatic carbocycles. The van der Waals surface area contributed by atoms with Gasteiger partial charge in [0.15, 0.2) is 5.96 Å². The monoisotopic (exact) mass is 436 g/mol. The SMILES string of the molecule is CN=C(NCC1CC1)NC1CCN(c2ccc(F)cc2F)C1.I. The summed E-state index contributed by atoms with van der Waals surface area (Å²) in [6.07, 6.45) is 3.50. The molecule has 1 aliphatic heterocycles. The van der Waals surface area contributed by atoms with Crippen molar-refractivity contribution in [3.63, 3.8) is 0 Å². The van der Waals surface area contributed by atoms with E-state index in [0.717, 1.165) is 37.5 Å². The van der Waals surface area contributed by atoms with Crippen LogP contribution in [0.25, 0.3) is 0 Å². The van der Waals surface area contributed by atoms with E-state index in [1.54, 1.807) is 7.05 Å². The molecule has 0 amide bonds. The van der Waals surface area contributed by atoms with Gasteiger partial charge in [-0.2, -0.15) is 0 Å². The van der Waals surface area contributed by atoms with Gasteiger partial charge in [-0.25, -0.2) is 8.78 Å². The van der Waals surface area contributed by atoms with Crippen molar-refractivity contribution in [3.05, 3.63) is 29.8 Å². The van der Waals surface area contributed by atoms with Gasteiger partial charge < -0.3 is 15.5 Å². The summed E-state index contributed by atoms with van der Waals surface area (Å²) in [5, 5.41) is 6.71. The van der Waals surface area contributed by atoms with Crippen LogP contribution in [-0.4, -0.2) is 38.7 Å². The zero-order valence-corrected chi connectivity index (χ0v) is 15.5. The second-order valence-electron chi connectivity index (χ2n) is 6.07. The first-order valence-electron chi connectivity index (χ1n) is 7.83. The van der Waals surface area contributed by atoms with Gasteiger partial charge in [0.25, 0.3) is 0 Å². The van der Waals surface area contributed by atoms with E-state index in [2.05, 4.69) is 15.6 Å². The summed E-state index contributed by atoms with van der Waals surface area (Å²) < 4.78 is 26.8. The summed E-state index contributed by atoms with van der Waals surface area (Å²) in [5.74, 6) is 0.543. The van der Waals surface area contributed by atoms with E-state index in [-0.39, 0.29) is 30.0 Å². The maximum absolute atomic E-state index is 13.8. The number of anilines is 1. The van der Waals surface area contributed by atoms with Gasteiger partial charge in [0.05, 0.1) is 5.69 Å². The Morgan fingerprint density at radius 1 is 1.30 bits per heavy atom. The highest BCUT2D eigenvalue weighted by atomic mass is 127. The number of nitrogens with one attached hydrogen (secondary N) is 2. The Morgan fingerprint density at radius 3 is 2.74 bits per heavy atom. The fourth-order valence-electron chi connectivity index (χ4n) is 2.79. The van der Waals surface area contributed by atoms with E-state index in [1.165, 1.54) is 25.0 Å². The van der Waals surface area contributed by atoms with Crippen molar-refractivity contribution < 1.29 is 8.78 Å². The van der Waals surface area contributed by atoms with Crippen molar-refractivity contribution >= 4 is 35.6 Å². The first-order chi connectivity index (χ1) is 10.7. The molecule has 1 unspecified atom stereocenters. The molecule has 1 saturated carbocycles. The molecule has 23 heavy (non-hydrogen) atoms. The molecular weight excluding hydrogens is 413 g/mol. The van der Waals surface area contributed by atoms with Crippen LogP contribution in [0.2, 0.25) is 0 Å². The second-order valence-corrected chi connectivity index (χ2v) is 6.07. The molecule has 1 aliphatic carbocycles. The third kappa shape index (κ3) is 4.92. The molecule has 7 heteroatoms. The topological polar surface area (TPSA) is 39.7 Å². The zero-order valence-electron chi connectivity index (χ0n) is 13.2. The van der Waals surface area contributed by atoms with Crippen LogP contribution in [-0.2, 0) is 0 Å². The molecule has 0 bridgehead atoms. The normalized spacial score (nSPS) is 21.1. The Hall–Kier alpha value is -1.12. The Kier molecular flexibility index (Phi) is 6.43. The van der Waals surface area contributed by atoms with E-state index in [4.69, 9.17) is 0 Å². The lowest BCUT2D eigenvalue weighted by Crippen LogP contribution is -2.45. The van der Waals surface area contributed by atoms with Crippen LogP contribution in [0.5, 0.6) is 0 Å². The first-order valence-corrected chi connectivity index (χ1v) is 7.83. The molecule has 0 aromatic heterocycles. The van der Waals surface area contributed by atoms with Gasteiger partial charge in [-0.05, 0) is 37.3 Å². The van der Waals surface area contributed by atoms with Gasteiger partial charge in [0.1, 0.15) is 11.6 Å². The lowest BCUT2D eigenvalue weighted by atomic mass is 10.2. The Bertz CT molecular complexity index is 563. The lowest BCUT2D eigenvalue weighted by molar-refractivity contribution is 0.580. The van der Waals surface area contributed by atoms with E-state index < -0.39 is 11.6 Å². The summed E-state index contributed by atoms with van der Waals surface area (Å²) in [6, 6.07) is 3.96. The predicted molar refractivity (Wildman–Crippen MR) is 99.6 cm³/mol. The molecule has 1 heterocycles. The summed E-state index contributed by atoms with van der Waals surface area (Å²) in [7, 11) is 1.76. The molecule has 128 valence electrons. The number of aliphatic imine (C=N–C) groups is 1. The maximum atomic E-state index is 13.8. The van der Waals surface area contributed by atoms with E-state index in [9.17, 15) is 8.78 Å². The van der Waals surface area contributed by atoms with Crippen molar-refractivity contribution in [3.8, 4) is 0 Å². The predicted octanol–water partition coefficient (Wildman–Crippen LogP) is 2.74. The van der Waals surface area contributed by atoms with Gasteiger partial charge in [-0.1, -0.05) is 0 Å². The van der Waals surface area contributed by atoms with Crippen LogP contribution in [0.4, 0.5) is 14.5 Å². The Morgan fingerprint density at radius 2 is 2.09 bits per heavy atom. The Balaban J connectivity index is 0.00000192. The van der Waals surface area contributed by atoms with Crippen molar-refractivity contribution in [1.82, 2.24) is 10.6 Å². The molecule has 0 radical (unpaired) electrons. The summed E-state index contributed by atoms with van der Waals surface area (Å²) in [4.78, 5) is 6.18. The van der Waals surface area contributed by atoms with Crippen LogP contribution in [0.15, 0.2) is 23.2 Å². The van der Waals surface area contributed by atoms with Crippen molar-refractivity contribution in [2.24, 2.45) is 10.9 Å². The molecule has 1 aromatic rings. The van der Waals surface area contributed by atoms with E-state index in [0.29, 0.717) is 12.2 Å². The Labute approximate surface area is 152 Å². The van der Waals surface area contributed by atoms with Crippen LogP contribution >= 0.6 is 24.0 Å². The molecule has 1 atom stereocenters. The van der Waals surface area contributed by atoms with Crippen LogP contribution in [0.3, 0.4) is 0 Å². The third-order valence-electron chi connectivity index (χ3n) is 4.26. The van der Waals surface area contributed by atoms with Gasteiger partial charge in [0, 0.05) is 38.8 Å². The van der Waals surface area contributed by atoms with Gasteiger partial charge in [-0.15, -0.1) is 24.0 Å². The number of benzene rings is 1. The fourth-order valence-corrected chi connectivity index (χ4v) is 2.79. The van der Waals surface area contributed by atoms with Crippen molar-refractivity contribution in [1.29, 1.82) is 0 Å². The highest BCUT2D eigenvalue weighted by Crippen LogP contribution is 2.27. The molecule has 2 N–H and O–H groups in total.